The van der Waals surface area contributed by atoms with Crippen LogP contribution in [0.15, 0.2) is 53.5 Å². The van der Waals surface area contributed by atoms with Crippen molar-refractivity contribution in [1.29, 1.82) is 0 Å². The van der Waals surface area contributed by atoms with Gasteiger partial charge in [-0.2, -0.15) is 0 Å². The van der Waals surface area contributed by atoms with Crippen molar-refractivity contribution in [2.45, 2.75) is 13.0 Å². The molecule has 0 aromatic heterocycles. The maximum absolute atomic E-state index is 9.90. The number of phenols is 1. The van der Waals surface area contributed by atoms with Crippen LogP contribution in [0.5, 0.6) is 17.2 Å². The summed E-state index contributed by atoms with van der Waals surface area (Å²) in [7, 11) is 3.31. The molecule has 0 aliphatic heterocycles. The normalized spacial score (nSPS) is 11.0. The van der Waals surface area contributed by atoms with Crippen LogP contribution in [0.25, 0.3) is 0 Å². The molecule has 3 N–H and O–H groups in total. The van der Waals surface area contributed by atoms with E-state index in [0.29, 0.717) is 24.9 Å². The van der Waals surface area contributed by atoms with Crippen LogP contribution in [0.2, 0.25) is 0 Å². The summed E-state index contributed by atoms with van der Waals surface area (Å²) in [6.45, 7) is 1.81. The highest BCUT2D eigenvalue weighted by molar-refractivity contribution is 5.79. The molecule has 0 heterocycles. The van der Waals surface area contributed by atoms with E-state index in [0.717, 1.165) is 24.3 Å². The summed E-state index contributed by atoms with van der Waals surface area (Å²) >= 11 is 0. The lowest BCUT2D eigenvalue weighted by atomic mass is 10.2. The van der Waals surface area contributed by atoms with Crippen molar-refractivity contribution in [1.82, 2.24) is 10.6 Å². The molecule has 2 rings (SSSR count). The van der Waals surface area contributed by atoms with E-state index in [1.165, 1.54) is 0 Å². The van der Waals surface area contributed by atoms with E-state index in [1.54, 1.807) is 32.4 Å². The predicted octanol–water partition coefficient (Wildman–Crippen LogP) is 2.53. The van der Waals surface area contributed by atoms with Crippen molar-refractivity contribution in [2.24, 2.45) is 4.99 Å². The van der Waals surface area contributed by atoms with E-state index in [4.69, 9.17) is 9.47 Å². The van der Waals surface area contributed by atoms with Crippen molar-refractivity contribution in [3.05, 3.63) is 54.1 Å². The Labute approximate surface area is 148 Å². The van der Waals surface area contributed by atoms with Crippen LogP contribution in [-0.2, 0) is 6.54 Å². The molecule has 6 nitrogen and oxygen atoms in total. The van der Waals surface area contributed by atoms with Gasteiger partial charge in [0.15, 0.2) is 5.96 Å². The number of phenolic OH excluding ortho intramolecular Hbond substituents is 1. The SMILES string of the molecule is CN=C(NCCCOc1ccccc1)NCc1cc(OC)ccc1O. The van der Waals surface area contributed by atoms with Gasteiger partial charge < -0.3 is 25.2 Å². The van der Waals surface area contributed by atoms with Gasteiger partial charge in [-0.25, -0.2) is 0 Å². The molecule has 2 aromatic carbocycles. The average molecular weight is 343 g/mol. The zero-order valence-electron chi connectivity index (χ0n) is 14.7. The number of hydrogen-bond donors (Lipinski definition) is 3. The smallest absolute Gasteiger partial charge is 0.191 e. The Kier molecular flexibility index (Phi) is 7.43. The molecular formula is C19H25N3O3. The van der Waals surface area contributed by atoms with Gasteiger partial charge in [-0.1, -0.05) is 18.2 Å². The van der Waals surface area contributed by atoms with Crippen molar-refractivity contribution in [3.8, 4) is 17.2 Å². The molecule has 0 atom stereocenters. The molecule has 0 saturated carbocycles. The highest BCUT2D eigenvalue weighted by Crippen LogP contribution is 2.22. The molecule has 0 spiro atoms. The minimum Gasteiger partial charge on any atom is -0.508 e. The van der Waals surface area contributed by atoms with Crippen LogP contribution in [0.1, 0.15) is 12.0 Å². The van der Waals surface area contributed by atoms with Crippen LogP contribution < -0.4 is 20.1 Å². The first-order valence-corrected chi connectivity index (χ1v) is 8.21. The van der Waals surface area contributed by atoms with Crippen LogP contribution >= 0.6 is 0 Å². The molecule has 0 aliphatic rings. The van der Waals surface area contributed by atoms with Crippen molar-refractivity contribution < 1.29 is 14.6 Å². The molecule has 0 radical (unpaired) electrons. The van der Waals surface area contributed by atoms with Gasteiger partial charge in [0, 0.05) is 25.7 Å². The van der Waals surface area contributed by atoms with E-state index in [-0.39, 0.29) is 5.75 Å². The maximum atomic E-state index is 9.90. The Bertz CT molecular complexity index is 675. The second-order valence-corrected chi connectivity index (χ2v) is 5.36. The van der Waals surface area contributed by atoms with E-state index in [9.17, 15) is 5.11 Å². The van der Waals surface area contributed by atoms with Crippen LogP contribution in [0.3, 0.4) is 0 Å². The second kappa shape index (κ2) is 10.1. The highest BCUT2D eigenvalue weighted by atomic mass is 16.5. The standard InChI is InChI=1S/C19H25N3O3/c1-20-19(21-11-6-12-25-16-7-4-3-5-8-16)22-14-15-13-17(24-2)9-10-18(15)23/h3-5,7-10,13,23H,6,11-12,14H2,1-2H3,(H2,20,21,22). The molecule has 2 aromatic rings. The summed E-state index contributed by atoms with van der Waals surface area (Å²) in [6.07, 6.45) is 0.847. The van der Waals surface area contributed by atoms with Gasteiger partial charge in [0.1, 0.15) is 17.2 Å². The number of nitrogens with zero attached hydrogens (tertiary/aromatic N) is 1. The quantitative estimate of drug-likeness (QED) is 0.390. The summed E-state index contributed by atoms with van der Waals surface area (Å²) in [5, 5.41) is 16.3. The van der Waals surface area contributed by atoms with Crippen molar-refractivity contribution >= 4 is 5.96 Å². The number of rotatable bonds is 8. The van der Waals surface area contributed by atoms with Gasteiger partial charge in [0.25, 0.3) is 0 Å². The molecule has 0 aliphatic carbocycles. The molecule has 0 unspecified atom stereocenters. The van der Waals surface area contributed by atoms with Gasteiger partial charge in [-0.15, -0.1) is 0 Å². The number of guanidine groups is 1. The van der Waals surface area contributed by atoms with Crippen LogP contribution in [0.4, 0.5) is 0 Å². The topological polar surface area (TPSA) is 75.1 Å². The zero-order valence-corrected chi connectivity index (χ0v) is 14.7. The monoisotopic (exact) mass is 343 g/mol. The number of benzene rings is 2. The molecule has 134 valence electrons. The first-order chi connectivity index (χ1) is 12.2. The summed E-state index contributed by atoms with van der Waals surface area (Å²) in [4.78, 5) is 4.17. The zero-order chi connectivity index (χ0) is 17.9. The lowest BCUT2D eigenvalue weighted by molar-refractivity contribution is 0.311. The van der Waals surface area contributed by atoms with E-state index >= 15 is 0 Å². The minimum absolute atomic E-state index is 0.222. The second-order valence-electron chi connectivity index (χ2n) is 5.36. The first-order valence-electron chi connectivity index (χ1n) is 8.21. The first kappa shape index (κ1) is 18.4. The number of para-hydroxylation sites is 1. The highest BCUT2D eigenvalue weighted by Gasteiger charge is 2.05. The number of nitrogens with one attached hydrogen (secondary N) is 2. The third kappa shape index (κ3) is 6.25. The van der Waals surface area contributed by atoms with Gasteiger partial charge in [0.2, 0.25) is 0 Å². The molecule has 25 heavy (non-hydrogen) atoms. The maximum Gasteiger partial charge on any atom is 0.191 e. The third-order valence-electron chi connectivity index (χ3n) is 3.58. The van der Waals surface area contributed by atoms with Crippen LogP contribution in [-0.4, -0.2) is 38.4 Å². The van der Waals surface area contributed by atoms with Gasteiger partial charge in [-0.05, 0) is 36.8 Å². The molecule has 0 bridgehead atoms. The molecule has 6 heteroatoms. The van der Waals surface area contributed by atoms with Gasteiger partial charge >= 0.3 is 0 Å². The fraction of sp³-hybridized carbons (Fsp3) is 0.316. The molecule has 0 fully saturated rings. The minimum atomic E-state index is 0.222. The molecule has 0 saturated heterocycles. The summed E-state index contributed by atoms with van der Waals surface area (Å²) in [5.74, 6) is 2.47. The summed E-state index contributed by atoms with van der Waals surface area (Å²) in [6, 6.07) is 14.9. The lowest BCUT2D eigenvalue weighted by Gasteiger charge is -2.13. The van der Waals surface area contributed by atoms with E-state index < -0.39 is 0 Å². The van der Waals surface area contributed by atoms with Crippen LogP contribution in [0, 0.1) is 0 Å². The Balaban J connectivity index is 1.70. The lowest BCUT2D eigenvalue weighted by Crippen LogP contribution is -2.37. The van der Waals surface area contributed by atoms with Crippen molar-refractivity contribution in [2.75, 3.05) is 27.3 Å². The fourth-order valence-electron chi connectivity index (χ4n) is 2.22. The van der Waals surface area contributed by atoms with E-state index in [2.05, 4.69) is 15.6 Å². The number of ether oxygens (including phenoxy) is 2. The molecular weight excluding hydrogens is 318 g/mol. The van der Waals surface area contributed by atoms with Crippen molar-refractivity contribution in [3.63, 3.8) is 0 Å². The fourth-order valence-corrected chi connectivity index (χ4v) is 2.22. The summed E-state index contributed by atoms with van der Waals surface area (Å²) < 4.78 is 10.8. The third-order valence-corrected chi connectivity index (χ3v) is 3.58. The Hall–Kier alpha value is -2.89. The van der Waals surface area contributed by atoms with Gasteiger partial charge in [0.05, 0.1) is 13.7 Å². The number of aromatic hydroxyl groups is 1. The average Bonchev–Trinajstić information content (AvgIpc) is 2.66. The Morgan fingerprint density at radius 3 is 2.60 bits per heavy atom. The van der Waals surface area contributed by atoms with Gasteiger partial charge in [-0.3, -0.25) is 4.99 Å². The Morgan fingerprint density at radius 2 is 1.88 bits per heavy atom. The van der Waals surface area contributed by atoms with E-state index in [1.807, 2.05) is 30.3 Å². The number of aliphatic imine (C=N–C) groups is 1. The number of hydrogen-bond acceptors (Lipinski definition) is 4. The largest absolute Gasteiger partial charge is 0.508 e. The predicted molar refractivity (Wildman–Crippen MR) is 99.4 cm³/mol. The summed E-state index contributed by atoms with van der Waals surface area (Å²) in [5.41, 5.74) is 0.745. The Morgan fingerprint density at radius 1 is 1.08 bits per heavy atom. The number of methoxy groups -OCH3 is 1. The molecule has 0 amide bonds.